The van der Waals surface area contributed by atoms with Crippen molar-refractivity contribution in [1.82, 2.24) is 15.0 Å². The molecule has 11 heteroatoms. The van der Waals surface area contributed by atoms with Crippen molar-refractivity contribution >= 4 is 28.7 Å². The van der Waals surface area contributed by atoms with Crippen molar-refractivity contribution in [3.05, 3.63) is 101 Å². The molecule has 0 aliphatic carbocycles. The third-order valence-electron chi connectivity index (χ3n) is 6.93. The molecule has 2 heterocycles. The van der Waals surface area contributed by atoms with Gasteiger partial charge in [-0.05, 0) is 61.4 Å². The molecule has 1 aromatic heterocycles. The number of hydrogen-bond donors (Lipinski definition) is 1. The van der Waals surface area contributed by atoms with Crippen LogP contribution < -0.4 is 15.4 Å². The van der Waals surface area contributed by atoms with Crippen molar-refractivity contribution in [2.24, 2.45) is 5.73 Å². The molecule has 1 atom stereocenters. The smallest absolute Gasteiger partial charge is 0.355 e. The lowest BCUT2D eigenvalue weighted by Crippen LogP contribution is -2.41. The highest BCUT2D eigenvalue weighted by Crippen LogP contribution is 2.44. The van der Waals surface area contributed by atoms with Crippen molar-refractivity contribution in [2.75, 3.05) is 25.7 Å². The summed E-state index contributed by atoms with van der Waals surface area (Å²) in [5, 5.41) is 19.5. The summed E-state index contributed by atoms with van der Waals surface area (Å²) in [5.41, 5.74) is 9.97. The van der Waals surface area contributed by atoms with Gasteiger partial charge >= 0.3 is 11.9 Å². The predicted molar refractivity (Wildman–Crippen MR) is 154 cm³/mol. The molecule has 4 aromatic rings. The molecule has 1 aliphatic rings. The van der Waals surface area contributed by atoms with E-state index in [0.717, 1.165) is 5.75 Å². The zero-order chi connectivity index (χ0) is 30.0. The van der Waals surface area contributed by atoms with Crippen molar-refractivity contribution in [2.45, 2.75) is 19.8 Å². The first-order chi connectivity index (χ1) is 20.3. The SMILES string of the molecule is CCOc1ccc(-n2nc3cc(C)c(N4C(N)=C(C#N)C(c5ccccc5)C(C(=O)OC)=C4C(=O)OC)cc3n2)cc1. The standard InChI is InChI=1S/C31H28N6O5/c1-5-42-21-13-11-20(12-14-21)37-34-23-15-18(2)25(16-24(23)35-37)36-28(31(39)41-4)27(30(38)40-3)26(22(17-32)29(36)33)19-9-7-6-8-10-19/h6-16,26H,5,33H2,1-4H3. The molecule has 0 amide bonds. The van der Waals surface area contributed by atoms with Gasteiger partial charge in [-0.3, -0.25) is 4.90 Å². The van der Waals surface area contributed by atoms with E-state index in [1.54, 1.807) is 49.4 Å². The highest BCUT2D eigenvalue weighted by molar-refractivity contribution is 6.07. The van der Waals surface area contributed by atoms with E-state index in [2.05, 4.69) is 16.3 Å². The molecule has 2 N–H and O–H groups in total. The van der Waals surface area contributed by atoms with Gasteiger partial charge in [0.2, 0.25) is 0 Å². The fourth-order valence-corrected chi connectivity index (χ4v) is 5.02. The fourth-order valence-electron chi connectivity index (χ4n) is 5.02. The Kier molecular flexibility index (Phi) is 7.62. The predicted octanol–water partition coefficient (Wildman–Crippen LogP) is 4.03. The number of ether oxygens (including phenoxy) is 3. The lowest BCUT2D eigenvalue weighted by Gasteiger charge is -2.36. The summed E-state index contributed by atoms with van der Waals surface area (Å²) < 4.78 is 15.8. The fraction of sp³-hybridized carbons (Fsp3) is 0.194. The van der Waals surface area contributed by atoms with Crippen LogP contribution in [0.15, 0.2) is 89.4 Å². The Morgan fingerprint density at radius 2 is 1.62 bits per heavy atom. The monoisotopic (exact) mass is 564 g/mol. The van der Waals surface area contributed by atoms with Crippen LogP contribution in [-0.4, -0.2) is 47.8 Å². The van der Waals surface area contributed by atoms with Gasteiger partial charge in [-0.1, -0.05) is 30.3 Å². The summed E-state index contributed by atoms with van der Waals surface area (Å²) >= 11 is 0. The molecule has 0 bridgehead atoms. The second-order valence-electron chi connectivity index (χ2n) is 9.38. The quantitative estimate of drug-likeness (QED) is 0.327. The maximum absolute atomic E-state index is 13.4. The first kappa shape index (κ1) is 27.9. The van der Waals surface area contributed by atoms with E-state index < -0.39 is 17.9 Å². The molecule has 0 saturated heterocycles. The normalized spacial score (nSPS) is 15.0. The molecule has 0 fully saturated rings. The van der Waals surface area contributed by atoms with Crippen LogP contribution in [0.25, 0.3) is 16.7 Å². The number of methoxy groups -OCH3 is 2. The number of nitrogens with zero attached hydrogens (tertiary/aromatic N) is 5. The zero-order valence-electron chi connectivity index (χ0n) is 23.5. The number of nitriles is 1. The van der Waals surface area contributed by atoms with E-state index in [9.17, 15) is 14.9 Å². The van der Waals surface area contributed by atoms with E-state index in [4.69, 9.17) is 19.9 Å². The number of fused-ring (bicyclic) bond motifs is 1. The van der Waals surface area contributed by atoms with Crippen LogP contribution in [0.1, 0.15) is 24.0 Å². The molecule has 1 aliphatic heterocycles. The van der Waals surface area contributed by atoms with E-state index in [1.807, 2.05) is 31.2 Å². The molecule has 11 nitrogen and oxygen atoms in total. The number of carbonyl (C=O) groups excluding carboxylic acids is 2. The molecular weight excluding hydrogens is 536 g/mol. The topological polar surface area (TPSA) is 146 Å². The maximum Gasteiger partial charge on any atom is 0.355 e. The molecule has 212 valence electrons. The molecule has 3 aromatic carbocycles. The number of hydrogen-bond acceptors (Lipinski definition) is 10. The first-order valence-electron chi connectivity index (χ1n) is 13.1. The van der Waals surface area contributed by atoms with Gasteiger partial charge in [0.15, 0.2) is 0 Å². The summed E-state index contributed by atoms with van der Waals surface area (Å²) in [6, 6.07) is 21.8. The molecule has 1 unspecified atom stereocenters. The third kappa shape index (κ3) is 4.79. The lowest BCUT2D eigenvalue weighted by molar-refractivity contribution is -0.139. The number of carbonyl (C=O) groups is 2. The Morgan fingerprint density at radius 3 is 2.21 bits per heavy atom. The zero-order valence-corrected chi connectivity index (χ0v) is 23.5. The van der Waals surface area contributed by atoms with Gasteiger partial charge in [-0.25, -0.2) is 9.59 Å². The van der Waals surface area contributed by atoms with Crippen LogP contribution in [0.3, 0.4) is 0 Å². The van der Waals surface area contributed by atoms with Gasteiger partial charge in [0, 0.05) is 0 Å². The Labute approximate surface area is 242 Å². The van der Waals surface area contributed by atoms with Crippen LogP contribution in [0.2, 0.25) is 0 Å². The minimum atomic E-state index is -0.960. The van der Waals surface area contributed by atoms with E-state index in [0.29, 0.717) is 40.1 Å². The molecular formula is C31H28N6O5. The van der Waals surface area contributed by atoms with Crippen molar-refractivity contribution < 1.29 is 23.8 Å². The van der Waals surface area contributed by atoms with Crippen molar-refractivity contribution in [1.29, 1.82) is 5.26 Å². The van der Waals surface area contributed by atoms with Crippen molar-refractivity contribution in [3.8, 4) is 17.5 Å². The van der Waals surface area contributed by atoms with Gasteiger partial charge in [0.05, 0.1) is 55.3 Å². The first-order valence-corrected chi connectivity index (χ1v) is 13.1. The summed E-state index contributed by atoms with van der Waals surface area (Å²) in [6.45, 7) is 4.27. The minimum Gasteiger partial charge on any atom is -0.494 e. The summed E-state index contributed by atoms with van der Waals surface area (Å²) in [6.07, 6.45) is 0. The molecule has 0 radical (unpaired) electrons. The highest BCUT2D eigenvalue weighted by Gasteiger charge is 2.43. The summed E-state index contributed by atoms with van der Waals surface area (Å²) in [4.78, 5) is 29.6. The summed E-state index contributed by atoms with van der Waals surface area (Å²) in [7, 11) is 2.42. The minimum absolute atomic E-state index is 0.0271. The Hall–Kier alpha value is -5.63. The van der Waals surface area contributed by atoms with Crippen LogP contribution in [0, 0.1) is 18.3 Å². The Balaban J connectivity index is 1.72. The van der Waals surface area contributed by atoms with Gasteiger partial charge in [0.25, 0.3) is 0 Å². The Morgan fingerprint density at radius 1 is 0.976 bits per heavy atom. The number of aryl methyl sites for hydroxylation is 1. The highest BCUT2D eigenvalue weighted by atomic mass is 16.5. The number of nitrogens with two attached hydrogens (primary N) is 1. The number of benzene rings is 3. The van der Waals surface area contributed by atoms with Crippen LogP contribution in [0.5, 0.6) is 5.75 Å². The largest absolute Gasteiger partial charge is 0.494 e. The molecule has 5 rings (SSSR count). The second-order valence-corrected chi connectivity index (χ2v) is 9.38. The van der Waals surface area contributed by atoms with E-state index >= 15 is 0 Å². The summed E-state index contributed by atoms with van der Waals surface area (Å²) in [5.74, 6) is -1.88. The van der Waals surface area contributed by atoms with Gasteiger partial charge < -0.3 is 19.9 Å². The molecule has 0 spiro atoms. The number of rotatable bonds is 7. The molecule has 0 saturated carbocycles. The Bertz CT molecular complexity index is 1780. The van der Waals surface area contributed by atoms with Gasteiger partial charge in [-0.2, -0.15) is 10.1 Å². The van der Waals surface area contributed by atoms with Crippen LogP contribution in [0.4, 0.5) is 5.69 Å². The number of aromatic nitrogens is 3. The second kappa shape index (κ2) is 11.5. The average molecular weight is 565 g/mol. The number of esters is 2. The van der Waals surface area contributed by atoms with E-state index in [-0.39, 0.29) is 22.7 Å². The van der Waals surface area contributed by atoms with Crippen molar-refractivity contribution in [3.63, 3.8) is 0 Å². The van der Waals surface area contributed by atoms with E-state index in [1.165, 1.54) is 23.9 Å². The number of anilines is 1. The maximum atomic E-state index is 13.4. The molecule has 42 heavy (non-hydrogen) atoms. The average Bonchev–Trinajstić information content (AvgIpc) is 3.43. The number of allylic oxidation sites excluding steroid dienone is 1. The van der Waals surface area contributed by atoms with Gasteiger partial charge in [0.1, 0.15) is 28.3 Å². The van der Waals surface area contributed by atoms with Crippen LogP contribution >= 0.6 is 0 Å². The lowest BCUT2D eigenvalue weighted by atomic mass is 9.80. The van der Waals surface area contributed by atoms with Gasteiger partial charge in [-0.15, -0.1) is 10.2 Å². The van der Waals surface area contributed by atoms with Crippen LogP contribution in [-0.2, 0) is 19.1 Å². The third-order valence-corrected chi connectivity index (χ3v) is 6.93.